The van der Waals surface area contributed by atoms with Crippen LogP contribution in [0.5, 0.6) is 0 Å². The van der Waals surface area contributed by atoms with Gasteiger partial charge in [0.2, 0.25) is 5.91 Å². The van der Waals surface area contributed by atoms with Gasteiger partial charge in [-0.25, -0.2) is 0 Å². The number of rotatable bonds is 3. The largest absolute Gasteiger partial charge is 0.342 e. The molecule has 1 aliphatic heterocycles. The van der Waals surface area contributed by atoms with E-state index >= 15 is 0 Å². The number of fused-ring (bicyclic) bond motifs is 2. The predicted molar refractivity (Wildman–Crippen MR) is 87.0 cm³/mol. The molecule has 0 radical (unpaired) electrons. The first-order valence-corrected chi connectivity index (χ1v) is 9.30. The van der Waals surface area contributed by atoms with Crippen LogP contribution >= 0.6 is 0 Å². The van der Waals surface area contributed by atoms with Crippen LogP contribution in [0, 0.1) is 23.2 Å². The molecule has 2 bridgehead atoms. The highest BCUT2D eigenvalue weighted by Gasteiger charge is 2.33. The molecule has 2 aliphatic carbocycles. The first-order valence-electron chi connectivity index (χ1n) is 9.30. The van der Waals surface area contributed by atoms with Crippen LogP contribution in [0.2, 0.25) is 0 Å². The van der Waals surface area contributed by atoms with Crippen LogP contribution in [0.1, 0.15) is 78.1 Å². The van der Waals surface area contributed by atoms with Gasteiger partial charge in [0, 0.05) is 19.5 Å². The summed E-state index contributed by atoms with van der Waals surface area (Å²) in [5, 5.41) is 0. The van der Waals surface area contributed by atoms with E-state index < -0.39 is 0 Å². The van der Waals surface area contributed by atoms with Gasteiger partial charge in [-0.3, -0.25) is 4.79 Å². The topological polar surface area (TPSA) is 20.3 Å². The van der Waals surface area contributed by atoms with Gasteiger partial charge in [-0.1, -0.05) is 33.1 Å². The maximum Gasteiger partial charge on any atom is 0.222 e. The minimum absolute atomic E-state index is 0.329. The molecule has 0 aromatic heterocycles. The van der Waals surface area contributed by atoms with Gasteiger partial charge in [0.1, 0.15) is 0 Å². The van der Waals surface area contributed by atoms with Crippen molar-refractivity contribution in [3.63, 3.8) is 0 Å². The van der Waals surface area contributed by atoms with Crippen LogP contribution in [0.3, 0.4) is 0 Å². The van der Waals surface area contributed by atoms with Gasteiger partial charge in [-0.15, -0.1) is 0 Å². The molecule has 0 N–H and O–H groups in total. The molecule has 120 valence electrons. The maximum absolute atomic E-state index is 12.5. The second kappa shape index (κ2) is 6.30. The second-order valence-corrected chi connectivity index (χ2v) is 8.86. The van der Waals surface area contributed by atoms with Gasteiger partial charge < -0.3 is 4.90 Å². The Morgan fingerprint density at radius 1 is 1.10 bits per heavy atom. The van der Waals surface area contributed by atoms with Gasteiger partial charge in [-0.2, -0.15) is 0 Å². The molecule has 3 aliphatic rings. The van der Waals surface area contributed by atoms with Crippen LogP contribution in [0.25, 0.3) is 0 Å². The summed E-state index contributed by atoms with van der Waals surface area (Å²) in [7, 11) is 0. The first-order chi connectivity index (χ1) is 10.0. The SMILES string of the molecule is CC1(C)CCCN(C(=O)CCC2CC3CCCC(C3)C2)C1. The fourth-order valence-electron chi connectivity index (χ4n) is 5.23. The average molecular weight is 291 g/mol. The lowest BCUT2D eigenvalue weighted by molar-refractivity contribution is -0.134. The normalized spacial score (nSPS) is 35.5. The fraction of sp³-hybridized carbons (Fsp3) is 0.947. The zero-order valence-electron chi connectivity index (χ0n) is 14.1. The van der Waals surface area contributed by atoms with Crippen molar-refractivity contribution in [2.75, 3.05) is 13.1 Å². The number of hydrogen-bond donors (Lipinski definition) is 0. The highest BCUT2D eigenvalue weighted by atomic mass is 16.2. The molecule has 2 unspecified atom stereocenters. The predicted octanol–water partition coefficient (Wildman–Crippen LogP) is 4.63. The Kier molecular flexibility index (Phi) is 4.61. The summed E-state index contributed by atoms with van der Waals surface area (Å²) in [6, 6.07) is 0. The zero-order chi connectivity index (χ0) is 14.9. The van der Waals surface area contributed by atoms with Crippen molar-refractivity contribution in [3.8, 4) is 0 Å². The Labute approximate surface area is 130 Å². The lowest BCUT2D eigenvalue weighted by atomic mass is 9.67. The molecule has 2 nitrogen and oxygen atoms in total. The molecule has 1 amide bonds. The van der Waals surface area contributed by atoms with Crippen molar-refractivity contribution in [1.29, 1.82) is 0 Å². The smallest absolute Gasteiger partial charge is 0.222 e. The summed E-state index contributed by atoms with van der Waals surface area (Å²) in [5.74, 6) is 3.26. The monoisotopic (exact) mass is 291 g/mol. The molecule has 0 aromatic carbocycles. The molecule has 1 saturated heterocycles. The van der Waals surface area contributed by atoms with E-state index in [4.69, 9.17) is 0 Å². The minimum Gasteiger partial charge on any atom is -0.342 e. The Balaban J connectivity index is 1.45. The lowest BCUT2D eigenvalue weighted by Gasteiger charge is -2.40. The van der Waals surface area contributed by atoms with E-state index in [0.717, 1.165) is 43.7 Å². The Morgan fingerprint density at radius 3 is 2.48 bits per heavy atom. The molecule has 0 aromatic rings. The van der Waals surface area contributed by atoms with Crippen molar-refractivity contribution < 1.29 is 4.79 Å². The van der Waals surface area contributed by atoms with E-state index in [9.17, 15) is 4.79 Å². The van der Waals surface area contributed by atoms with E-state index in [1.165, 1.54) is 51.4 Å². The summed E-state index contributed by atoms with van der Waals surface area (Å²) >= 11 is 0. The summed E-state index contributed by atoms with van der Waals surface area (Å²) in [6.07, 6.45) is 13.1. The van der Waals surface area contributed by atoms with Gasteiger partial charge in [0.15, 0.2) is 0 Å². The number of carbonyl (C=O) groups is 1. The third kappa shape index (κ3) is 4.02. The molecule has 21 heavy (non-hydrogen) atoms. The standard InChI is InChI=1S/C19H33NO/c1-19(2)9-4-10-20(14-19)18(21)8-7-17-12-15-5-3-6-16(11-15)13-17/h15-17H,3-14H2,1-2H3. The second-order valence-electron chi connectivity index (χ2n) is 8.86. The third-order valence-corrected chi connectivity index (χ3v) is 6.24. The lowest BCUT2D eigenvalue weighted by Crippen LogP contribution is -2.43. The van der Waals surface area contributed by atoms with E-state index in [2.05, 4.69) is 18.7 Å². The zero-order valence-corrected chi connectivity index (χ0v) is 14.1. The summed E-state index contributed by atoms with van der Waals surface area (Å²) in [4.78, 5) is 14.6. The van der Waals surface area contributed by atoms with Crippen LogP contribution < -0.4 is 0 Å². The van der Waals surface area contributed by atoms with Crippen LogP contribution in [0.4, 0.5) is 0 Å². The molecule has 3 fully saturated rings. The van der Waals surface area contributed by atoms with Crippen LogP contribution in [-0.2, 0) is 4.79 Å². The third-order valence-electron chi connectivity index (χ3n) is 6.24. The number of amides is 1. The molecule has 2 heteroatoms. The Morgan fingerprint density at radius 2 is 1.81 bits per heavy atom. The van der Waals surface area contributed by atoms with Gasteiger partial charge in [0.25, 0.3) is 0 Å². The van der Waals surface area contributed by atoms with Gasteiger partial charge in [0.05, 0.1) is 0 Å². The number of likely N-dealkylation sites (tertiary alicyclic amines) is 1. The summed E-state index contributed by atoms with van der Waals surface area (Å²) < 4.78 is 0. The molecule has 2 atom stereocenters. The highest BCUT2D eigenvalue weighted by molar-refractivity contribution is 5.76. The summed E-state index contributed by atoms with van der Waals surface area (Å²) in [6.45, 7) is 6.57. The summed E-state index contributed by atoms with van der Waals surface area (Å²) in [5.41, 5.74) is 0.329. The number of piperidine rings is 1. The number of nitrogens with zero attached hydrogens (tertiary/aromatic N) is 1. The number of carbonyl (C=O) groups excluding carboxylic acids is 1. The first kappa shape index (κ1) is 15.4. The molecular weight excluding hydrogens is 258 g/mol. The molecule has 2 saturated carbocycles. The molecule has 0 spiro atoms. The van der Waals surface area contributed by atoms with Crippen molar-refractivity contribution >= 4 is 5.91 Å². The maximum atomic E-state index is 12.5. The highest BCUT2D eigenvalue weighted by Crippen LogP contribution is 2.44. The van der Waals surface area contributed by atoms with Crippen molar-refractivity contribution in [2.45, 2.75) is 78.1 Å². The van der Waals surface area contributed by atoms with Gasteiger partial charge >= 0.3 is 0 Å². The van der Waals surface area contributed by atoms with Crippen LogP contribution in [-0.4, -0.2) is 23.9 Å². The van der Waals surface area contributed by atoms with Crippen LogP contribution in [0.15, 0.2) is 0 Å². The van der Waals surface area contributed by atoms with E-state index in [1.54, 1.807) is 0 Å². The Hall–Kier alpha value is -0.530. The van der Waals surface area contributed by atoms with E-state index in [1.807, 2.05) is 0 Å². The quantitative estimate of drug-likeness (QED) is 0.742. The molecular formula is C19H33NO. The van der Waals surface area contributed by atoms with Crippen molar-refractivity contribution in [3.05, 3.63) is 0 Å². The van der Waals surface area contributed by atoms with Crippen molar-refractivity contribution in [2.24, 2.45) is 23.2 Å². The number of hydrogen-bond acceptors (Lipinski definition) is 1. The minimum atomic E-state index is 0.329. The van der Waals surface area contributed by atoms with E-state index in [0.29, 0.717) is 11.3 Å². The van der Waals surface area contributed by atoms with Gasteiger partial charge in [-0.05, 0) is 61.7 Å². The van der Waals surface area contributed by atoms with Crippen molar-refractivity contribution in [1.82, 2.24) is 4.90 Å². The fourth-order valence-corrected chi connectivity index (χ4v) is 5.23. The average Bonchev–Trinajstić information content (AvgIpc) is 2.43. The molecule has 3 rings (SSSR count). The molecule has 1 heterocycles. The van der Waals surface area contributed by atoms with E-state index in [-0.39, 0.29) is 0 Å². The Bertz CT molecular complexity index is 364.